The van der Waals surface area contributed by atoms with Crippen molar-refractivity contribution in [1.82, 2.24) is 0 Å². The van der Waals surface area contributed by atoms with E-state index in [0.29, 0.717) is 12.8 Å². The minimum atomic E-state index is -1.33. The van der Waals surface area contributed by atoms with Gasteiger partial charge in [0.1, 0.15) is 17.7 Å². The number of aliphatic hydroxyl groups excluding tert-OH is 3. The van der Waals surface area contributed by atoms with Crippen molar-refractivity contribution in [2.75, 3.05) is 6.61 Å². The van der Waals surface area contributed by atoms with E-state index < -0.39 is 33.1 Å². The van der Waals surface area contributed by atoms with Crippen molar-refractivity contribution in [3.05, 3.63) is 0 Å². The summed E-state index contributed by atoms with van der Waals surface area (Å²) in [6.07, 6.45) is 27.9. The van der Waals surface area contributed by atoms with Crippen LogP contribution in [0.5, 0.6) is 0 Å². The molecule has 0 rings (SSSR count). The summed E-state index contributed by atoms with van der Waals surface area (Å²) in [7, 11) is -0.558. The Morgan fingerprint density at radius 1 is 0.564 bits per heavy atom. The number of unbranched alkanes of at least 4 members (excludes halogenated alkanes) is 21. The number of Topliss-reactive ketones (excluding diaryl/α,β-unsaturated/α-hetero) is 1. The molecule has 0 aliphatic rings. The molecule has 0 heterocycles. The van der Waals surface area contributed by atoms with Crippen molar-refractivity contribution in [3.63, 3.8) is 0 Å². The summed E-state index contributed by atoms with van der Waals surface area (Å²) in [6.45, 7) is 3.91. The van der Waals surface area contributed by atoms with Gasteiger partial charge in [0.25, 0.3) is 0 Å². The molecule has 0 aliphatic carbocycles. The summed E-state index contributed by atoms with van der Waals surface area (Å²) in [5.41, 5.74) is -0.258. The molecule has 0 radical (unpaired) electrons. The van der Waals surface area contributed by atoms with Crippen LogP contribution in [0.2, 0.25) is 0 Å². The molecule has 0 aromatic rings. The molecule has 3 N–H and O–H groups in total. The molecular formula is C33H65O5P. The molecule has 5 nitrogen and oxygen atoms in total. The SMILES string of the molecule is CCCCCCCCCCCCCCC(C(=O)CCCCCCCCCCCCC)C(=O)PC(O)C(O)CO. The van der Waals surface area contributed by atoms with Gasteiger partial charge in [0.05, 0.1) is 12.5 Å². The van der Waals surface area contributed by atoms with E-state index >= 15 is 0 Å². The number of hydrogen-bond acceptors (Lipinski definition) is 5. The van der Waals surface area contributed by atoms with Gasteiger partial charge in [-0.05, 0) is 21.4 Å². The quantitative estimate of drug-likeness (QED) is 0.0438. The highest BCUT2D eigenvalue weighted by Gasteiger charge is 2.29. The van der Waals surface area contributed by atoms with E-state index in [1.165, 1.54) is 109 Å². The van der Waals surface area contributed by atoms with Crippen molar-refractivity contribution in [1.29, 1.82) is 0 Å². The van der Waals surface area contributed by atoms with Crippen LogP contribution >= 0.6 is 8.58 Å². The van der Waals surface area contributed by atoms with Gasteiger partial charge in [-0.3, -0.25) is 9.59 Å². The first kappa shape index (κ1) is 38.6. The number of carbonyl (C=O) groups excluding carboxylic acids is 2. The fraction of sp³-hybridized carbons (Fsp3) is 0.939. The fourth-order valence-corrected chi connectivity index (χ4v) is 6.30. The molecule has 39 heavy (non-hydrogen) atoms. The molecule has 0 aromatic carbocycles. The molecule has 0 spiro atoms. The van der Waals surface area contributed by atoms with Gasteiger partial charge in [-0.15, -0.1) is 0 Å². The molecule has 0 aromatic heterocycles. The van der Waals surface area contributed by atoms with Gasteiger partial charge in [0, 0.05) is 6.42 Å². The molecule has 0 aliphatic heterocycles. The number of aliphatic hydroxyl groups is 3. The first-order valence-corrected chi connectivity index (χ1v) is 17.9. The van der Waals surface area contributed by atoms with Crippen molar-refractivity contribution in [3.8, 4) is 0 Å². The second-order valence-corrected chi connectivity index (χ2v) is 13.1. The first-order valence-electron chi connectivity index (χ1n) is 16.8. The van der Waals surface area contributed by atoms with Crippen molar-refractivity contribution in [2.24, 2.45) is 5.92 Å². The van der Waals surface area contributed by atoms with Gasteiger partial charge >= 0.3 is 0 Å². The summed E-state index contributed by atoms with van der Waals surface area (Å²) >= 11 is 0. The van der Waals surface area contributed by atoms with Crippen LogP contribution in [0.15, 0.2) is 0 Å². The van der Waals surface area contributed by atoms with Gasteiger partial charge in [-0.1, -0.05) is 155 Å². The van der Waals surface area contributed by atoms with Crippen LogP contribution in [0.25, 0.3) is 0 Å². The highest BCUT2D eigenvalue weighted by molar-refractivity contribution is 7.58. The maximum Gasteiger partial charge on any atom is 0.164 e. The Kier molecular flexibility index (Phi) is 28.9. The highest BCUT2D eigenvalue weighted by atomic mass is 31.1. The Hall–Kier alpha value is -0.350. The third kappa shape index (κ3) is 24.0. The molecule has 4 atom stereocenters. The van der Waals surface area contributed by atoms with E-state index in [4.69, 9.17) is 5.11 Å². The van der Waals surface area contributed by atoms with Crippen LogP contribution in [0.3, 0.4) is 0 Å². The van der Waals surface area contributed by atoms with Crippen LogP contribution < -0.4 is 0 Å². The van der Waals surface area contributed by atoms with Gasteiger partial charge in [-0.25, -0.2) is 0 Å². The normalized spacial score (nSPS) is 14.2. The van der Waals surface area contributed by atoms with E-state index in [9.17, 15) is 19.8 Å². The van der Waals surface area contributed by atoms with Crippen LogP contribution in [0.4, 0.5) is 0 Å². The van der Waals surface area contributed by atoms with E-state index in [2.05, 4.69) is 13.8 Å². The zero-order chi connectivity index (χ0) is 29.0. The molecular weight excluding hydrogens is 507 g/mol. The van der Waals surface area contributed by atoms with Gasteiger partial charge in [0.2, 0.25) is 0 Å². The first-order chi connectivity index (χ1) is 19.0. The fourth-order valence-electron chi connectivity index (χ4n) is 5.21. The Morgan fingerprint density at radius 3 is 1.31 bits per heavy atom. The lowest BCUT2D eigenvalue weighted by Gasteiger charge is -2.19. The molecule has 6 heteroatoms. The monoisotopic (exact) mass is 572 g/mol. The number of hydrogen-bond donors (Lipinski definition) is 3. The summed E-state index contributed by atoms with van der Waals surface area (Å²) in [5.74, 6) is -1.96. The average molecular weight is 573 g/mol. The van der Waals surface area contributed by atoms with Gasteiger partial charge < -0.3 is 15.3 Å². The van der Waals surface area contributed by atoms with E-state index in [0.717, 1.165) is 38.5 Å². The average Bonchev–Trinajstić information content (AvgIpc) is 2.93. The molecule has 0 saturated heterocycles. The molecule has 232 valence electrons. The topological polar surface area (TPSA) is 94.8 Å². The Balaban J connectivity index is 4.24. The second kappa shape index (κ2) is 29.2. The van der Waals surface area contributed by atoms with Crippen molar-refractivity contribution in [2.45, 2.75) is 186 Å². The van der Waals surface area contributed by atoms with Crippen molar-refractivity contribution < 1.29 is 24.9 Å². The lowest BCUT2D eigenvalue weighted by Crippen LogP contribution is -2.29. The summed E-state index contributed by atoms with van der Waals surface area (Å²) in [5, 5.41) is 28.8. The predicted octanol–water partition coefficient (Wildman–Crippen LogP) is 8.84. The Morgan fingerprint density at radius 2 is 0.923 bits per heavy atom. The molecule has 0 fully saturated rings. The molecule has 0 amide bonds. The summed E-state index contributed by atoms with van der Waals surface area (Å²) in [4.78, 5) is 25.9. The lowest BCUT2D eigenvalue weighted by atomic mass is 9.93. The van der Waals surface area contributed by atoms with Crippen LogP contribution in [0, 0.1) is 5.92 Å². The van der Waals surface area contributed by atoms with E-state index in [-0.39, 0.29) is 11.3 Å². The second-order valence-electron chi connectivity index (χ2n) is 11.7. The number of ketones is 1. The summed E-state index contributed by atoms with van der Waals surface area (Å²) < 4.78 is 0. The summed E-state index contributed by atoms with van der Waals surface area (Å²) in [6, 6.07) is 0. The largest absolute Gasteiger partial charge is 0.394 e. The van der Waals surface area contributed by atoms with Gasteiger partial charge in [-0.2, -0.15) is 0 Å². The number of carbonyl (C=O) groups is 2. The standard InChI is InChI=1S/C33H65O5P/c1-3-5-7-9-11-13-15-17-18-20-22-24-26-29(32(37)39-33(38)31(36)28-34)30(35)27-25-23-21-19-16-14-12-10-8-6-4-2/h29,31,33-34,36,38-39H,3-28H2,1-2H3. The lowest BCUT2D eigenvalue weighted by molar-refractivity contribution is -0.129. The minimum absolute atomic E-state index is 0.00261. The molecule has 0 saturated carbocycles. The van der Waals surface area contributed by atoms with E-state index in [1.807, 2.05) is 0 Å². The highest BCUT2D eigenvalue weighted by Crippen LogP contribution is 2.30. The maximum absolute atomic E-state index is 13.0. The van der Waals surface area contributed by atoms with Crippen LogP contribution in [0.1, 0.15) is 174 Å². The van der Waals surface area contributed by atoms with Gasteiger partial charge in [0.15, 0.2) is 5.52 Å². The zero-order valence-corrected chi connectivity index (χ0v) is 26.8. The molecule has 4 unspecified atom stereocenters. The number of rotatable bonds is 31. The predicted molar refractivity (Wildman–Crippen MR) is 168 cm³/mol. The maximum atomic E-state index is 13.0. The molecule has 0 bridgehead atoms. The Labute approximate surface area is 243 Å². The van der Waals surface area contributed by atoms with E-state index in [1.54, 1.807) is 0 Å². The Bertz CT molecular complexity index is 556. The third-order valence-electron chi connectivity index (χ3n) is 7.92. The van der Waals surface area contributed by atoms with Crippen LogP contribution in [-0.4, -0.2) is 45.2 Å². The minimum Gasteiger partial charge on any atom is -0.394 e. The third-order valence-corrected chi connectivity index (χ3v) is 9.23. The van der Waals surface area contributed by atoms with Crippen molar-refractivity contribution >= 4 is 19.9 Å². The smallest absolute Gasteiger partial charge is 0.164 e. The zero-order valence-electron chi connectivity index (χ0n) is 25.8. The van der Waals surface area contributed by atoms with Crippen LogP contribution in [-0.2, 0) is 9.59 Å².